The highest BCUT2D eigenvalue weighted by molar-refractivity contribution is 6.05. The van der Waals surface area contributed by atoms with Crippen LogP contribution in [-0.2, 0) is 13.1 Å². The van der Waals surface area contributed by atoms with Crippen molar-refractivity contribution in [1.82, 2.24) is 19.3 Å². The molecule has 0 bridgehead atoms. The van der Waals surface area contributed by atoms with E-state index in [0.717, 1.165) is 4.57 Å². The number of hydrogen-bond donors (Lipinski definition) is 3. The highest BCUT2D eigenvalue weighted by Crippen LogP contribution is 2.12. The molecule has 0 aliphatic carbocycles. The number of amides is 1. The van der Waals surface area contributed by atoms with Crippen molar-refractivity contribution in [2.24, 2.45) is 0 Å². The summed E-state index contributed by atoms with van der Waals surface area (Å²) >= 11 is 0. The predicted octanol–water partition coefficient (Wildman–Crippen LogP) is -0.00250. The van der Waals surface area contributed by atoms with Crippen LogP contribution < -0.4 is 22.3 Å². The maximum Gasteiger partial charge on any atom is 0.332 e. The second-order valence-corrected chi connectivity index (χ2v) is 4.68. The summed E-state index contributed by atoms with van der Waals surface area (Å²) in [7, 11) is 0. The van der Waals surface area contributed by atoms with Gasteiger partial charge in [0.1, 0.15) is 11.5 Å². The number of nitrogens with zero attached hydrogens (tertiary/aromatic N) is 3. The van der Waals surface area contributed by atoms with E-state index in [1.54, 1.807) is 6.92 Å². The Morgan fingerprint density at radius 3 is 2.64 bits per heavy atom. The van der Waals surface area contributed by atoms with E-state index < -0.39 is 17.2 Å². The molecule has 0 aromatic carbocycles. The molecule has 1 amide bonds. The summed E-state index contributed by atoms with van der Waals surface area (Å²) in [5, 5.41) is 8.64. The third-order valence-corrected chi connectivity index (χ3v) is 3.23. The number of H-pyrrole nitrogens is 1. The Labute approximate surface area is 125 Å². The third kappa shape index (κ3) is 2.65. The van der Waals surface area contributed by atoms with Crippen LogP contribution in [0.2, 0.25) is 0 Å². The van der Waals surface area contributed by atoms with Crippen molar-refractivity contribution in [1.29, 1.82) is 0 Å². The molecule has 2 rings (SSSR count). The lowest BCUT2D eigenvalue weighted by atomic mass is 10.3. The molecule has 0 saturated carbocycles. The molecule has 0 radical (unpaired) electrons. The first-order valence-electron chi connectivity index (χ1n) is 6.94. The second kappa shape index (κ2) is 6.29. The van der Waals surface area contributed by atoms with Crippen molar-refractivity contribution in [2.45, 2.75) is 33.4 Å². The molecule has 0 unspecified atom stereocenters. The van der Waals surface area contributed by atoms with Gasteiger partial charge in [-0.1, -0.05) is 6.92 Å². The monoisotopic (exact) mass is 306 g/mol. The fourth-order valence-electron chi connectivity index (χ4n) is 2.12. The van der Waals surface area contributed by atoms with Gasteiger partial charge in [-0.15, -0.1) is 0 Å². The number of anilines is 2. The summed E-state index contributed by atoms with van der Waals surface area (Å²) in [4.78, 5) is 36.7. The summed E-state index contributed by atoms with van der Waals surface area (Å²) in [6.45, 7) is 4.14. The highest BCUT2D eigenvalue weighted by atomic mass is 16.2. The molecule has 2 aromatic heterocycles. The van der Waals surface area contributed by atoms with Gasteiger partial charge in [0.2, 0.25) is 0 Å². The summed E-state index contributed by atoms with van der Waals surface area (Å²) in [6.07, 6.45) is 3.33. The van der Waals surface area contributed by atoms with Crippen molar-refractivity contribution in [2.75, 3.05) is 11.1 Å². The SMILES string of the molecule is CCCn1c(=O)c(NC(=O)c2cn[nH]c2)c(N)n(CC)c1=O. The smallest absolute Gasteiger partial charge is 0.332 e. The first-order chi connectivity index (χ1) is 10.5. The maximum absolute atomic E-state index is 12.4. The Morgan fingerprint density at radius 1 is 1.36 bits per heavy atom. The molecule has 0 aliphatic rings. The Bertz CT molecular complexity index is 787. The molecule has 0 fully saturated rings. The lowest BCUT2D eigenvalue weighted by molar-refractivity contribution is 0.102. The van der Waals surface area contributed by atoms with Crippen LogP contribution >= 0.6 is 0 Å². The number of aromatic nitrogens is 4. The zero-order valence-electron chi connectivity index (χ0n) is 12.4. The van der Waals surface area contributed by atoms with Gasteiger partial charge >= 0.3 is 5.69 Å². The standard InChI is InChI=1S/C13H18N6O3/c1-3-5-19-12(21)9(10(14)18(4-2)13(19)22)17-11(20)8-6-15-16-7-8/h6-7H,3-5,14H2,1-2H3,(H,15,16)(H,17,20). The van der Waals surface area contributed by atoms with E-state index in [2.05, 4.69) is 15.5 Å². The average molecular weight is 306 g/mol. The number of nitrogens with two attached hydrogens (primary N) is 1. The van der Waals surface area contributed by atoms with Crippen LogP contribution in [0.1, 0.15) is 30.6 Å². The summed E-state index contributed by atoms with van der Waals surface area (Å²) in [6, 6.07) is 0. The minimum atomic E-state index is -0.606. The van der Waals surface area contributed by atoms with Gasteiger partial charge in [-0.05, 0) is 13.3 Å². The van der Waals surface area contributed by atoms with E-state index in [4.69, 9.17) is 5.73 Å². The van der Waals surface area contributed by atoms with Gasteiger partial charge < -0.3 is 11.1 Å². The van der Waals surface area contributed by atoms with E-state index >= 15 is 0 Å². The first kappa shape index (κ1) is 15.5. The number of aromatic amines is 1. The summed E-state index contributed by atoms with van der Waals surface area (Å²) in [5.41, 5.74) is 4.95. The van der Waals surface area contributed by atoms with Crippen molar-refractivity contribution in [3.8, 4) is 0 Å². The predicted molar refractivity (Wildman–Crippen MR) is 81.9 cm³/mol. The molecule has 9 heteroatoms. The lowest BCUT2D eigenvalue weighted by Crippen LogP contribution is -2.42. The van der Waals surface area contributed by atoms with Crippen molar-refractivity contribution in [3.63, 3.8) is 0 Å². The topological polar surface area (TPSA) is 128 Å². The largest absolute Gasteiger partial charge is 0.383 e. The van der Waals surface area contributed by atoms with Gasteiger partial charge in [0, 0.05) is 19.3 Å². The van der Waals surface area contributed by atoms with Crippen molar-refractivity contribution >= 4 is 17.4 Å². The third-order valence-electron chi connectivity index (χ3n) is 3.23. The Balaban J connectivity index is 2.55. The van der Waals surface area contributed by atoms with Gasteiger partial charge in [-0.25, -0.2) is 4.79 Å². The number of carbonyl (C=O) groups is 1. The van der Waals surface area contributed by atoms with Gasteiger partial charge in [0.05, 0.1) is 11.8 Å². The van der Waals surface area contributed by atoms with Gasteiger partial charge in [-0.2, -0.15) is 5.10 Å². The normalized spacial score (nSPS) is 10.6. The molecule has 0 atom stereocenters. The first-order valence-corrected chi connectivity index (χ1v) is 6.94. The van der Waals surface area contributed by atoms with Crippen LogP contribution in [0.15, 0.2) is 22.0 Å². The van der Waals surface area contributed by atoms with Gasteiger partial charge in [-0.3, -0.25) is 23.8 Å². The average Bonchev–Trinajstić information content (AvgIpc) is 3.03. The number of hydrogen-bond acceptors (Lipinski definition) is 5. The van der Waals surface area contributed by atoms with E-state index in [1.165, 1.54) is 17.0 Å². The molecule has 2 aromatic rings. The summed E-state index contributed by atoms with van der Waals surface area (Å²) in [5.74, 6) is -0.580. The fourth-order valence-corrected chi connectivity index (χ4v) is 2.12. The molecule has 2 heterocycles. The van der Waals surface area contributed by atoms with Gasteiger partial charge in [0.25, 0.3) is 11.5 Å². The van der Waals surface area contributed by atoms with Crippen molar-refractivity contribution < 1.29 is 4.79 Å². The Kier molecular flexibility index (Phi) is 4.44. The number of nitrogens with one attached hydrogen (secondary N) is 2. The lowest BCUT2D eigenvalue weighted by Gasteiger charge is -2.15. The molecule has 22 heavy (non-hydrogen) atoms. The number of nitrogen functional groups attached to an aromatic ring is 1. The molecule has 118 valence electrons. The Morgan fingerprint density at radius 2 is 2.09 bits per heavy atom. The van der Waals surface area contributed by atoms with E-state index in [9.17, 15) is 14.4 Å². The summed E-state index contributed by atoms with van der Waals surface area (Å²) < 4.78 is 2.33. The minimum Gasteiger partial charge on any atom is -0.383 e. The molecule has 0 saturated heterocycles. The van der Waals surface area contributed by atoms with Crippen LogP contribution in [0, 0.1) is 0 Å². The number of rotatable bonds is 5. The molecular weight excluding hydrogens is 288 g/mol. The van der Waals surface area contributed by atoms with Crippen LogP contribution in [0.4, 0.5) is 11.5 Å². The van der Waals surface area contributed by atoms with Crippen LogP contribution in [0.25, 0.3) is 0 Å². The van der Waals surface area contributed by atoms with E-state index in [0.29, 0.717) is 13.0 Å². The van der Waals surface area contributed by atoms with E-state index in [-0.39, 0.29) is 23.6 Å². The quantitative estimate of drug-likeness (QED) is 0.716. The molecule has 4 N–H and O–H groups in total. The van der Waals surface area contributed by atoms with Crippen molar-refractivity contribution in [3.05, 3.63) is 38.8 Å². The van der Waals surface area contributed by atoms with Gasteiger partial charge in [0.15, 0.2) is 0 Å². The molecule has 0 spiro atoms. The maximum atomic E-state index is 12.4. The van der Waals surface area contributed by atoms with E-state index in [1.807, 2.05) is 6.92 Å². The van der Waals surface area contributed by atoms with Crippen LogP contribution in [0.5, 0.6) is 0 Å². The highest BCUT2D eigenvalue weighted by Gasteiger charge is 2.19. The molecule has 0 aliphatic heterocycles. The molecule has 9 nitrogen and oxygen atoms in total. The number of carbonyl (C=O) groups excluding carboxylic acids is 1. The fraction of sp³-hybridized carbons (Fsp3) is 0.385. The zero-order valence-corrected chi connectivity index (χ0v) is 12.4. The van der Waals surface area contributed by atoms with Crippen LogP contribution in [-0.4, -0.2) is 25.2 Å². The Hall–Kier alpha value is -2.84. The second-order valence-electron chi connectivity index (χ2n) is 4.68. The van der Waals surface area contributed by atoms with Crippen LogP contribution in [0.3, 0.4) is 0 Å². The molecular formula is C13H18N6O3. The minimum absolute atomic E-state index is 0.0540. The zero-order chi connectivity index (χ0) is 16.3.